The molecule has 0 amide bonds. The molecule has 0 nitrogen and oxygen atoms in total. The zero-order valence-corrected chi connectivity index (χ0v) is 35.0. The standard InChI is InChI=1S/19V. The molecule has 0 aliphatic carbocycles. The zero-order valence-electron chi connectivity index (χ0n) is 8.50. The molecule has 0 spiro atoms. The second-order valence-corrected chi connectivity index (χ2v) is 0. The monoisotopic (exact) mass is 968 g/mol. The van der Waals surface area contributed by atoms with Crippen molar-refractivity contribution in [2.45, 2.75) is 0 Å². The van der Waals surface area contributed by atoms with Crippen LogP contribution in [0, 0.1) is 0 Å². The third-order valence-corrected chi connectivity index (χ3v) is 0. The van der Waals surface area contributed by atoms with Crippen LogP contribution in [0.5, 0.6) is 0 Å². The minimum atomic E-state index is 0. The largest absolute Gasteiger partial charge is 0 e. The summed E-state index contributed by atoms with van der Waals surface area (Å²) >= 11 is 0. The molecule has 0 N–H and O–H groups in total. The second-order valence-electron chi connectivity index (χ2n) is 0. The van der Waals surface area contributed by atoms with E-state index in [0.29, 0.717) is 0 Å². The van der Waals surface area contributed by atoms with Gasteiger partial charge in [0.15, 0.2) is 0 Å². The van der Waals surface area contributed by atoms with Crippen molar-refractivity contribution in [3.05, 3.63) is 0 Å². The fourth-order valence-electron chi connectivity index (χ4n) is 0. The van der Waals surface area contributed by atoms with Gasteiger partial charge in [-0.3, -0.25) is 0 Å². The van der Waals surface area contributed by atoms with Crippen LogP contribution in [0.15, 0.2) is 0 Å². The van der Waals surface area contributed by atoms with Gasteiger partial charge in [-0.1, -0.05) is 0 Å². The Morgan fingerprint density at radius 3 is 0.0526 bits per heavy atom. The first kappa shape index (κ1) is 207. The average molecular weight is 968 g/mol. The van der Waals surface area contributed by atoms with Crippen molar-refractivity contribution in [1.29, 1.82) is 0 Å². The molecule has 0 bridgehead atoms. The van der Waals surface area contributed by atoms with Crippen molar-refractivity contribution >= 4 is 0 Å². The molecule has 0 aliphatic heterocycles. The van der Waals surface area contributed by atoms with E-state index in [1.165, 1.54) is 0 Å². The van der Waals surface area contributed by atoms with Crippen molar-refractivity contribution in [1.82, 2.24) is 0 Å². The van der Waals surface area contributed by atoms with Crippen molar-refractivity contribution in [2.75, 3.05) is 0 Å². The molecular formula is V19. The summed E-state index contributed by atoms with van der Waals surface area (Å²) in [5, 5.41) is 0. The van der Waals surface area contributed by atoms with Crippen molar-refractivity contribution in [2.24, 2.45) is 0 Å². The molecule has 0 saturated carbocycles. The summed E-state index contributed by atoms with van der Waals surface area (Å²) in [7, 11) is 0. The van der Waals surface area contributed by atoms with Gasteiger partial charge in [-0.15, -0.1) is 0 Å². The van der Waals surface area contributed by atoms with Crippen LogP contribution in [0.3, 0.4) is 0 Å². The summed E-state index contributed by atoms with van der Waals surface area (Å²) in [5.74, 6) is 0. The Kier molecular flexibility index (Phi) is 2030. The molecule has 0 aromatic heterocycles. The molecule has 0 rings (SSSR count). The molecule has 0 aromatic carbocycles. The van der Waals surface area contributed by atoms with E-state index in [0.717, 1.165) is 0 Å². The molecular weight excluding hydrogens is 968 g/mol. The van der Waals surface area contributed by atoms with Crippen LogP contribution in [0.25, 0.3) is 0 Å². The normalized spacial score (nSPS) is 0. The maximum absolute atomic E-state index is 0. The molecule has 0 atom stereocenters. The molecule has 19 heteroatoms. The summed E-state index contributed by atoms with van der Waals surface area (Å²) in [5.41, 5.74) is 0. The Morgan fingerprint density at radius 1 is 0.0526 bits per heavy atom. The Bertz CT molecular complexity index is 0. The van der Waals surface area contributed by atoms with Crippen molar-refractivity contribution in [3.8, 4) is 0 Å². The SMILES string of the molecule is [V].[V].[V].[V].[V].[V].[V].[V].[V].[V].[V].[V].[V].[V].[V].[V].[V].[V].[V]. The van der Waals surface area contributed by atoms with Gasteiger partial charge in [-0.25, -0.2) is 0 Å². The zero-order chi connectivity index (χ0) is 0. The third-order valence-electron chi connectivity index (χ3n) is 0. The summed E-state index contributed by atoms with van der Waals surface area (Å²) in [6.07, 6.45) is 0. The van der Waals surface area contributed by atoms with E-state index in [2.05, 4.69) is 0 Å². The first-order chi connectivity index (χ1) is 0. The van der Waals surface area contributed by atoms with Gasteiger partial charge in [-0.2, -0.15) is 0 Å². The van der Waals surface area contributed by atoms with E-state index >= 15 is 0 Å². The van der Waals surface area contributed by atoms with Gasteiger partial charge >= 0.3 is 0 Å². The molecule has 0 heterocycles. The van der Waals surface area contributed by atoms with Crippen LogP contribution in [-0.4, -0.2) is 0 Å². The van der Waals surface area contributed by atoms with Crippen molar-refractivity contribution in [3.63, 3.8) is 0 Å². The predicted octanol–water partition coefficient (Wildman–Crippen LogP) is -0.0475. The van der Waals surface area contributed by atoms with Crippen LogP contribution < -0.4 is 0 Å². The van der Waals surface area contributed by atoms with Gasteiger partial charge in [0.25, 0.3) is 0 Å². The smallest absolute Gasteiger partial charge is 0 e. The Labute approximate surface area is 344 Å². The van der Waals surface area contributed by atoms with E-state index in [4.69, 9.17) is 0 Å². The van der Waals surface area contributed by atoms with Gasteiger partial charge < -0.3 is 0 Å². The first-order valence-electron chi connectivity index (χ1n) is 0. The molecule has 0 aromatic rings. The molecule has 19 radical (unpaired) electrons. The molecule has 19 heavy (non-hydrogen) atoms. The number of rotatable bonds is 0. The van der Waals surface area contributed by atoms with Crippen LogP contribution in [-0.2, 0) is 353 Å². The van der Waals surface area contributed by atoms with Gasteiger partial charge in [0.05, 0.1) is 0 Å². The Hall–Kier alpha value is 11.1. The van der Waals surface area contributed by atoms with E-state index in [1.54, 1.807) is 0 Å². The topological polar surface area (TPSA) is 0 Å². The van der Waals surface area contributed by atoms with Gasteiger partial charge in [-0.05, 0) is 0 Å². The maximum atomic E-state index is 0. The molecule has 0 unspecified atom stereocenters. The minimum absolute atomic E-state index is 0. The van der Waals surface area contributed by atoms with E-state index in [1.807, 2.05) is 0 Å². The van der Waals surface area contributed by atoms with E-state index in [-0.39, 0.29) is 353 Å². The van der Waals surface area contributed by atoms with E-state index in [9.17, 15) is 0 Å². The van der Waals surface area contributed by atoms with Gasteiger partial charge in [0.2, 0.25) is 0 Å². The van der Waals surface area contributed by atoms with E-state index < -0.39 is 0 Å². The molecule has 0 fully saturated rings. The molecule has 0 saturated heterocycles. The summed E-state index contributed by atoms with van der Waals surface area (Å²) in [6.45, 7) is 0. The average Bonchev–Trinajstić information content (AvgIpc) is 0. The minimum Gasteiger partial charge on any atom is 0 e. The summed E-state index contributed by atoms with van der Waals surface area (Å²) in [4.78, 5) is 0. The number of hydrogen-bond donors (Lipinski definition) is 0. The van der Waals surface area contributed by atoms with Gasteiger partial charge in [0, 0.05) is 353 Å². The Balaban J connectivity index is 0. The maximum Gasteiger partial charge on any atom is 0 e. The summed E-state index contributed by atoms with van der Waals surface area (Å²) in [6, 6.07) is 0. The first-order valence-corrected chi connectivity index (χ1v) is 0. The quantitative estimate of drug-likeness (QED) is 0.320. The summed E-state index contributed by atoms with van der Waals surface area (Å²) < 4.78 is 0. The second kappa shape index (κ2) is 186. The Morgan fingerprint density at radius 2 is 0.0526 bits per heavy atom. The van der Waals surface area contributed by atoms with Crippen LogP contribution >= 0.6 is 0 Å². The predicted molar refractivity (Wildman–Crippen MR) is 0 cm³/mol. The van der Waals surface area contributed by atoms with Crippen LogP contribution in [0.1, 0.15) is 0 Å². The fraction of sp³-hybridized carbons (Fsp3) is 0. The fourth-order valence-corrected chi connectivity index (χ4v) is 0. The van der Waals surface area contributed by atoms with Crippen molar-refractivity contribution < 1.29 is 353 Å². The third kappa shape index (κ3) is 173. The van der Waals surface area contributed by atoms with Crippen LogP contribution in [0.2, 0.25) is 0 Å². The van der Waals surface area contributed by atoms with Crippen LogP contribution in [0.4, 0.5) is 0 Å². The molecule has 95 valence electrons. The van der Waals surface area contributed by atoms with Gasteiger partial charge in [0.1, 0.15) is 0 Å². The molecule has 0 aliphatic rings. The number of hydrogen-bond acceptors (Lipinski definition) is 0.